The van der Waals surface area contributed by atoms with Gasteiger partial charge in [-0.05, 0) is 31.0 Å². The second-order valence-corrected chi connectivity index (χ2v) is 6.33. The third kappa shape index (κ3) is 3.51. The van der Waals surface area contributed by atoms with E-state index in [0.717, 1.165) is 6.07 Å². The van der Waals surface area contributed by atoms with E-state index in [1.54, 1.807) is 6.92 Å². The van der Waals surface area contributed by atoms with E-state index >= 15 is 0 Å². The summed E-state index contributed by atoms with van der Waals surface area (Å²) in [5.74, 6) is -0.317. The van der Waals surface area contributed by atoms with E-state index in [4.69, 9.17) is 5.73 Å². The first-order valence-corrected chi connectivity index (χ1v) is 7.27. The summed E-state index contributed by atoms with van der Waals surface area (Å²) in [7, 11) is -3.63. The van der Waals surface area contributed by atoms with Gasteiger partial charge in [0.1, 0.15) is 5.82 Å². The van der Waals surface area contributed by atoms with Crippen LogP contribution in [0.1, 0.15) is 26.3 Å². The Morgan fingerprint density at radius 3 is 2.44 bits per heavy atom. The summed E-state index contributed by atoms with van der Waals surface area (Å²) in [4.78, 5) is 0.0388. The fourth-order valence-electron chi connectivity index (χ4n) is 1.32. The molecule has 0 spiro atoms. The predicted octanol–water partition coefficient (Wildman–Crippen LogP) is 1.61. The SMILES string of the molecule is CC(C)C(C)NS(=O)(=O)c1ccc(F)c(CN)c1. The van der Waals surface area contributed by atoms with Crippen molar-refractivity contribution in [2.45, 2.75) is 38.3 Å². The molecule has 0 aliphatic heterocycles. The second kappa shape index (κ2) is 5.77. The molecule has 0 heterocycles. The van der Waals surface area contributed by atoms with Crippen LogP contribution in [0.5, 0.6) is 0 Å². The van der Waals surface area contributed by atoms with Crippen LogP contribution < -0.4 is 10.5 Å². The van der Waals surface area contributed by atoms with Crippen LogP contribution in [-0.2, 0) is 16.6 Å². The highest BCUT2D eigenvalue weighted by molar-refractivity contribution is 7.89. The van der Waals surface area contributed by atoms with Crippen LogP contribution in [-0.4, -0.2) is 14.5 Å². The topological polar surface area (TPSA) is 72.2 Å². The van der Waals surface area contributed by atoms with Gasteiger partial charge in [0.15, 0.2) is 0 Å². The Labute approximate surface area is 107 Å². The molecule has 4 nitrogen and oxygen atoms in total. The Hall–Kier alpha value is -0.980. The number of nitrogens with one attached hydrogen (secondary N) is 1. The highest BCUT2D eigenvalue weighted by atomic mass is 32.2. The quantitative estimate of drug-likeness (QED) is 0.856. The van der Waals surface area contributed by atoms with Gasteiger partial charge in [-0.2, -0.15) is 0 Å². The van der Waals surface area contributed by atoms with Crippen molar-refractivity contribution in [3.8, 4) is 0 Å². The van der Waals surface area contributed by atoms with Gasteiger partial charge in [0.25, 0.3) is 0 Å². The van der Waals surface area contributed by atoms with E-state index < -0.39 is 15.8 Å². The molecule has 0 saturated heterocycles. The number of rotatable bonds is 5. The molecule has 0 radical (unpaired) electrons. The molecule has 0 amide bonds. The molecule has 0 aliphatic rings. The summed E-state index contributed by atoms with van der Waals surface area (Å²) in [6.07, 6.45) is 0. The Kier molecular flexibility index (Phi) is 4.84. The van der Waals surface area contributed by atoms with Crippen LogP contribution in [0.15, 0.2) is 23.1 Å². The van der Waals surface area contributed by atoms with Gasteiger partial charge in [-0.15, -0.1) is 0 Å². The molecule has 6 heteroatoms. The lowest BCUT2D eigenvalue weighted by molar-refractivity contribution is 0.476. The Morgan fingerprint density at radius 2 is 1.94 bits per heavy atom. The minimum atomic E-state index is -3.63. The van der Waals surface area contributed by atoms with Crippen molar-refractivity contribution < 1.29 is 12.8 Å². The van der Waals surface area contributed by atoms with Gasteiger partial charge in [0.2, 0.25) is 10.0 Å². The van der Waals surface area contributed by atoms with Crippen molar-refractivity contribution in [3.63, 3.8) is 0 Å². The van der Waals surface area contributed by atoms with Gasteiger partial charge in [0.05, 0.1) is 4.90 Å². The molecule has 1 unspecified atom stereocenters. The van der Waals surface area contributed by atoms with Crippen molar-refractivity contribution in [1.29, 1.82) is 0 Å². The van der Waals surface area contributed by atoms with E-state index in [9.17, 15) is 12.8 Å². The highest BCUT2D eigenvalue weighted by Crippen LogP contribution is 2.16. The maximum absolute atomic E-state index is 13.3. The molecule has 1 aromatic rings. The largest absolute Gasteiger partial charge is 0.326 e. The average Bonchev–Trinajstić information content (AvgIpc) is 2.28. The average molecular weight is 274 g/mol. The molecular formula is C12H19FN2O2S. The number of hydrogen-bond acceptors (Lipinski definition) is 3. The Morgan fingerprint density at radius 1 is 1.33 bits per heavy atom. The van der Waals surface area contributed by atoms with Crippen LogP contribution in [0.4, 0.5) is 4.39 Å². The van der Waals surface area contributed by atoms with Crippen molar-refractivity contribution in [1.82, 2.24) is 4.72 Å². The van der Waals surface area contributed by atoms with Crippen molar-refractivity contribution in [3.05, 3.63) is 29.6 Å². The van der Waals surface area contributed by atoms with Crippen LogP contribution in [0.25, 0.3) is 0 Å². The van der Waals surface area contributed by atoms with Gasteiger partial charge in [0, 0.05) is 18.2 Å². The third-order valence-corrected chi connectivity index (χ3v) is 4.45. The first-order chi connectivity index (χ1) is 8.27. The number of sulfonamides is 1. The molecule has 102 valence electrons. The van der Waals surface area contributed by atoms with E-state index in [2.05, 4.69) is 4.72 Å². The lowest BCUT2D eigenvalue weighted by Crippen LogP contribution is -2.36. The summed E-state index contributed by atoms with van der Waals surface area (Å²) >= 11 is 0. The lowest BCUT2D eigenvalue weighted by Gasteiger charge is -2.17. The third-order valence-electron chi connectivity index (χ3n) is 2.89. The zero-order valence-corrected chi connectivity index (χ0v) is 11.6. The highest BCUT2D eigenvalue weighted by Gasteiger charge is 2.20. The van der Waals surface area contributed by atoms with Gasteiger partial charge in [-0.1, -0.05) is 13.8 Å². The Bertz CT molecular complexity index is 515. The monoisotopic (exact) mass is 274 g/mol. The maximum atomic E-state index is 13.3. The summed E-state index contributed by atoms with van der Waals surface area (Å²) in [5, 5.41) is 0. The smallest absolute Gasteiger partial charge is 0.240 e. The maximum Gasteiger partial charge on any atom is 0.240 e. The van der Waals surface area contributed by atoms with Crippen LogP contribution >= 0.6 is 0 Å². The number of benzene rings is 1. The van der Waals surface area contributed by atoms with E-state index in [1.165, 1.54) is 12.1 Å². The zero-order valence-electron chi connectivity index (χ0n) is 10.8. The summed E-state index contributed by atoms with van der Waals surface area (Å²) in [6.45, 7) is 5.59. The van der Waals surface area contributed by atoms with Crippen LogP contribution in [0, 0.1) is 11.7 Å². The fraction of sp³-hybridized carbons (Fsp3) is 0.500. The molecule has 0 fully saturated rings. The minimum Gasteiger partial charge on any atom is -0.326 e. The molecule has 0 aliphatic carbocycles. The molecule has 1 aromatic carbocycles. The molecule has 18 heavy (non-hydrogen) atoms. The molecular weight excluding hydrogens is 255 g/mol. The van der Waals surface area contributed by atoms with Gasteiger partial charge < -0.3 is 5.73 Å². The summed E-state index contributed by atoms with van der Waals surface area (Å²) < 4.78 is 39.9. The van der Waals surface area contributed by atoms with Crippen LogP contribution in [0.2, 0.25) is 0 Å². The van der Waals surface area contributed by atoms with Gasteiger partial charge >= 0.3 is 0 Å². The number of halogens is 1. The molecule has 1 rings (SSSR count). The summed E-state index contributed by atoms with van der Waals surface area (Å²) in [5.41, 5.74) is 5.55. The molecule has 1 atom stereocenters. The van der Waals surface area contributed by atoms with Crippen molar-refractivity contribution in [2.24, 2.45) is 11.7 Å². The molecule has 0 aromatic heterocycles. The summed E-state index contributed by atoms with van der Waals surface area (Å²) in [6, 6.07) is 3.44. The minimum absolute atomic E-state index is 0.0328. The number of hydrogen-bond donors (Lipinski definition) is 2. The van der Waals surface area contributed by atoms with Crippen molar-refractivity contribution in [2.75, 3.05) is 0 Å². The van der Waals surface area contributed by atoms with E-state index in [-0.39, 0.29) is 29.0 Å². The van der Waals surface area contributed by atoms with Crippen LogP contribution in [0.3, 0.4) is 0 Å². The van der Waals surface area contributed by atoms with Gasteiger partial charge in [-0.3, -0.25) is 0 Å². The number of nitrogens with two attached hydrogens (primary N) is 1. The first kappa shape index (κ1) is 15.1. The Balaban J connectivity index is 3.05. The second-order valence-electron chi connectivity index (χ2n) is 4.61. The lowest BCUT2D eigenvalue weighted by atomic mass is 10.1. The fourth-order valence-corrected chi connectivity index (χ4v) is 2.77. The van der Waals surface area contributed by atoms with E-state index in [1.807, 2.05) is 13.8 Å². The zero-order chi connectivity index (χ0) is 13.9. The van der Waals surface area contributed by atoms with Crippen molar-refractivity contribution >= 4 is 10.0 Å². The normalized spacial score (nSPS) is 13.9. The van der Waals surface area contributed by atoms with Gasteiger partial charge in [-0.25, -0.2) is 17.5 Å². The standard InChI is InChI=1S/C12H19FN2O2S/c1-8(2)9(3)15-18(16,17)11-4-5-12(13)10(6-11)7-14/h4-6,8-9,15H,7,14H2,1-3H3. The molecule has 0 bridgehead atoms. The first-order valence-electron chi connectivity index (χ1n) is 5.78. The molecule has 0 saturated carbocycles. The molecule has 3 N–H and O–H groups in total. The van der Waals surface area contributed by atoms with E-state index in [0.29, 0.717) is 0 Å². The predicted molar refractivity (Wildman–Crippen MR) is 68.9 cm³/mol.